The van der Waals surface area contributed by atoms with E-state index in [-0.39, 0.29) is 25.9 Å². The zero-order valence-corrected chi connectivity index (χ0v) is 30.2. The molecule has 14 heteroatoms. The molecule has 53 heavy (non-hydrogen) atoms. The first-order valence-electron chi connectivity index (χ1n) is 17.5. The first kappa shape index (κ1) is 37.7. The van der Waals surface area contributed by atoms with E-state index in [9.17, 15) is 25.4 Å². The van der Waals surface area contributed by atoms with Crippen LogP contribution in [-0.2, 0) is 31.1 Å². The van der Waals surface area contributed by atoms with E-state index in [0.717, 1.165) is 78.7 Å². The molecule has 4 heterocycles. The van der Waals surface area contributed by atoms with Gasteiger partial charge in [-0.1, -0.05) is 29.8 Å². The van der Waals surface area contributed by atoms with Crippen molar-refractivity contribution in [3.8, 4) is 28.7 Å². The fraction of sp³-hybridized carbons (Fsp3) is 0.359. The lowest BCUT2D eigenvalue weighted by Crippen LogP contribution is -2.39. The highest BCUT2D eigenvalue weighted by Gasteiger charge is 2.21. The van der Waals surface area contributed by atoms with Gasteiger partial charge in [-0.25, -0.2) is 9.67 Å². The average Bonchev–Trinajstić information content (AvgIpc) is 3.78. The number of fused-ring (bicyclic) bond motifs is 1. The summed E-state index contributed by atoms with van der Waals surface area (Å²) in [6.45, 7) is 5.23. The van der Waals surface area contributed by atoms with Crippen molar-refractivity contribution in [3.05, 3.63) is 100 Å². The Morgan fingerprint density at radius 2 is 1.91 bits per heavy atom. The van der Waals surface area contributed by atoms with Gasteiger partial charge < -0.3 is 29.7 Å². The van der Waals surface area contributed by atoms with E-state index in [1.165, 1.54) is 6.20 Å². The van der Waals surface area contributed by atoms with Crippen molar-refractivity contribution in [2.75, 3.05) is 26.2 Å². The number of unbranched alkanes of at least 4 members (excludes halogenated alkanes) is 1. The van der Waals surface area contributed by atoms with Crippen molar-refractivity contribution in [2.24, 2.45) is 0 Å². The fourth-order valence-electron chi connectivity index (χ4n) is 6.49. The number of pyridine rings is 2. The SMILES string of the molecule is Cc1c(COc2cc(OCc3cncc(C#N)c3)c(CN[C@@H](CO)C(=O)O)cc2Cl)cccc1-c1ccnc2c1cnn2CCCCN1CC[C@@H](O)C1. The summed E-state index contributed by atoms with van der Waals surface area (Å²) >= 11 is 6.71. The number of carbonyl (C=O) groups is 1. The molecule has 1 saturated heterocycles. The molecule has 276 valence electrons. The van der Waals surface area contributed by atoms with Crippen molar-refractivity contribution in [3.63, 3.8) is 0 Å². The molecule has 0 spiro atoms. The van der Waals surface area contributed by atoms with Gasteiger partial charge in [0, 0.05) is 67.3 Å². The van der Waals surface area contributed by atoms with E-state index in [2.05, 4.69) is 37.4 Å². The quantitative estimate of drug-likeness (QED) is 0.0953. The van der Waals surface area contributed by atoms with Gasteiger partial charge >= 0.3 is 5.97 Å². The molecule has 2 aromatic carbocycles. The number of likely N-dealkylation sites (tertiary alicyclic amines) is 1. The van der Waals surface area contributed by atoms with Crippen LogP contribution in [0.1, 0.15) is 47.1 Å². The summed E-state index contributed by atoms with van der Waals surface area (Å²) in [5, 5.41) is 46.7. The first-order chi connectivity index (χ1) is 25.7. The number of carboxylic acids is 1. The summed E-state index contributed by atoms with van der Waals surface area (Å²) in [6, 6.07) is 13.9. The molecular formula is C39H42ClN7O6. The monoisotopic (exact) mass is 739 g/mol. The van der Waals surface area contributed by atoms with Gasteiger partial charge in [-0.3, -0.25) is 15.1 Å². The van der Waals surface area contributed by atoms with Crippen LogP contribution >= 0.6 is 11.6 Å². The normalized spacial score (nSPS) is 15.0. The summed E-state index contributed by atoms with van der Waals surface area (Å²) < 4.78 is 14.4. The van der Waals surface area contributed by atoms with E-state index in [1.54, 1.807) is 24.4 Å². The van der Waals surface area contributed by atoms with Gasteiger partial charge in [0.1, 0.15) is 36.8 Å². The number of ether oxygens (including phenoxy) is 2. The second-order valence-corrected chi connectivity index (χ2v) is 13.5. The molecule has 1 aliphatic heterocycles. The minimum atomic E-state index is -1.19. The molecule has 3 aromatic heterocycles. The molecule has 2 atom stereocenters. The number of benzene rings is 2. The first-order valence-corrected chi connectivity index (χ1v) is 17.9. The van der Waals surface area contributed by atoms with Crippen LogP contribution in [0.25, 0.3) is 22.2 Å². The van der Waals surface area contributed by atoms with E-state index in [1.807, 2.05) is 42.2 Å². The molecule has 1 aliphatic rings. The van der Waals surface area contributed by atoms with Crippen LogP contribution in [0.4, 0.5) is 0 Å². The number of rotatable bonds is 17. The second kappa shape index (κ2) is 17.6. The number of nitrogens with one attached hydrogen (secondary N) is 1. The van der Waals surface area contributed by atoms with Gasteiger partial charge in [0.15, 0.2) is 5.65 Å². The maximum Gasteiger partial charge on any atom is 0.323 e. The number of aromatic nitrogens is 4. The molecule has 5 aromatic rings. The lowest BCUT2D eigenvalue weighted by Gasteiger charge is -2.18. The fourth-order valence-corrected chi connectivity index (χ4v) is 6.73. The van der Waals surface area contributed by atoms with E-state index in [0.29, 0.717) is 33.2 Å². The van der Waals surface area contributed by atoms with Crippen LogP contribution in [-0.4, -0.2) is 84.3 Å². The Hall–Kier alpha value is -5.10. The number of aliphatic carboxylic acids is 1. The maximum atomic E-state index is 11.5. The summed E-state index contributed by atoms with van der Waals surface area (Å²) in [4.78, 5) is 22.6. The van der Waals surface area contributed by atoms with Crippen LogP contribution in [0.15, 0.2) is 67.3 Å². The largest absolute Gasteiger partial charge is 0.488 e. The van der Waals surface area contributed by atoms with E-state index < -0.39 is 18.6 Å². The van der Waals surface area contributed by atoms with Gasteiger partial charge in [-0.2, -0.15) is 10.4 Å². The molecule has 0 unspecified atom stereocenters. The zero-order valence-electron chi connectivity index (χ0n) is 29.4. The molecule has 4 N–H and O–H groups in total. The van der Waals surface area contributed by atoms with Crippen molar-refractivity contribution in [1.29, 1.82) is 5.26 Å². The van der Waals surface area contributed by atoms with Gasteiger partial charge in [-0.05, 0) is 73.2 Å². The molecule has 13 nitrogen and oxygen atoms in total. The van der Waals surface area contributed by atoms with Crippen molar-refractivity contribution in [1.82, 2.24) is 30.0 Å². The lowest BCUT2D eigenvalue weighted by atomic mass is 9.96. The molecule has 0 saturated carbocycles. The predicted molar refractivity (Wildman–Crippen MR) is 198 cm³/mol. The Balaban J connectivity index is 1.18. The van der Waals surface area contributed by atoms with Gasteiger partial charge in [-0.15, -0.1) is 0 Å². The zero-order chi connectivity index (χ0) is 37.3. The van der Waals surface area contributed by atoms with Crippen LogP contribution in [0.2, 0.25) is 5.02 Å². The predicted octanol–water partition coefficient (Wildman–Crippen LogP) is 4.87. The highest BCUT2D eigenvalue weighted by atomic mass is 35.5. The third-order valence-electron chi connectivity index (χ3n) is 9.45. The Morgan fingerprint density at radius 3 is 2.68 bits per heavy atom. The minimum absolute atomic E-state index is 0.0467. The number of nitriles is 1. The van der Waals surface area contributed by atoms with Gasteiger partial charge in [0.25, 0.3) is 0 Å². The Labute approximate surface area is 312 Å². The smallest absolute Gasteiger partial charge is 0.323 e. The molecule has 0 aliphatic carbocycles. The molecular weight excluding hydrogens is 698 g/mol. The van der Waals surface area contributed by atoms with Crippen LogP contribution in [0.3, 0.4) is 0 Å². The highest BCUT2D eigenvalue weighted by Crippen LogP contribution is 2.36. The Morgan fingerprint density at radius 1 is 1.08 bits per heavy atom. The van der Waals surface area contributed by atoms with Crippen molar-refractivity contribution < 1.29 is 29.6 Å². The van der Waals surface area contributed by atoms with Gasteiger partial charge in [0.2, 0.25) is 0 Å². The summed E-state index contributed by atoms with van der Waals surface area (Å²) in [5.41, 5.74) is 6.48. The number of nitrogens with zero attached hydrogens (tertiary/aromatic N) is 6. The third-order valence-corrected chi connectivity index (χ3v) is 9.75. The second-order valence-electron chi connectivity index (χ2n) is 13.1. The van der Waals surface area contributed by atoms with Crippen LogP contribution in [0.5, 0.6) is 11.5 Å². The molecule has 0 bridgehead atoms. The number of hydrogen-bond donors (Lipinski definition) is 4. The number of aliphatic hydroxyl groups excluding tert-OH is 2. The standard InChI is InChI=1S/C39H42ClN7O6/c1-25-28(5-4-6-31(25)32-7-9-43-38-33(32)20-45-47(38)11-3-2-10-46-12-8-30(49)21-46)24-53-37-15-36(52-23-27-13-26(16-41)17-42-18-27)29(14-34(37)40)19-44-35(22-48)39(50)51/h4-7,9,13-15,17-18,20,30,35,44,48-49H,2-3,8,10-12,19,21-24H2,1H3,(H,50,51)/t30-,35+/m1/s1. The number of aryl methyl sites for hydroxylation is 1. The summed E-state index contributed by atoms with van der Waals surface area (Å²) in [7, 11) is 0. The number of carboxylic acid groups (broad SMARTS) is 1. The van der Waals surface area contributed by atoms with Crippen molar-refractivity contribution >= 4 is 28.6 Å². The highest BCUT2D eigenvalue weighted by molar-refractivity contribution is 6.32. The Kier molecular flexibility index (Phi) is 12.5. The number of halogens is 1. The molecule has 1 fully saturated rings. The topological polar surface area (TPSA) is 179 Å². The van der Waals surface area contributed by atoms with E-state index >= 15 is 0 Å². The van der Waals surface area contributed by atoms with Crippen LogP contribution in [0, 0.1) is 18.3 Å². The molecule has 6 rings (SSSR count). The van der Waals surface area contributed by atoms with E-state index in [4.69, 9.17) is 21.1 Å². The molecule has 0 radical (unpaired) electrons. The summed E-state index contributed by atoms with van der Waals surface area (Å²) in [5.74, 6) is -0.437. The number of hydrogen-bond acceptors (Lipinski definition) is 11. The number of aliphatic hydroxyl groups is 2. The lowest BCUT2D eigenvalue weighted by molar-refractivity contribution is -0.140. The summed E-state index contributed by atoms with van der Waals surface area (Å²) in [6.07, 6.45) is 9.38. The average molecular weight is 740 g/mol. The van der Waals surface area contributed by atoms with Crippen LogP contribution < -0.4 is 14.8 Å². The van der Waals surface area contributed by atoms with Crippen molar-refractivity contribution in [2.45, 2.75) is 64.6 Å². The third kappa shape index (κ3) is 9.29. The molecule has 0 amide bonds. The Bertz CT molecular complexity index is 2100. The maximum absolute atomic E-state index is 11.5. The van der Waals surface area contributed by atoms with Gasteiger partial charge in [0.05, 0.1) is 29.5 Å². The minimum Gasteiger partial charge on any atom is -0.488 e. The number of β-amino-alcohol motifs (C(OH)–C–C–N with tert-alkyl or cyclic N) is 1.